The van der Waals surface area contributed by atoms with Crippen molar-refractivity contribution < 1.29 is 9.53 Å². The van der Waals surface area contributed by atoms with Gasteiger partial charge >= 0.3 is 0 Å². The van der Waals surface area contributed by atoms with Crippen molar-refractivity contribution in [2.45, 2.75) is 20.3 Å². The topological polar surface area (TPSA) is 57.4 Å². The van der Waals surface area contributed by atoms with Gasteiger partial charge in [-0.1, -0.05) is 6.92 Å². The quantitative estimate of drug-likeness (QED) is 0.857. The largest absolute Gasteiger partial charge is 0.494 e. The van der Waals surface area contributed by atoms with Crippen LogP contribution < -0.4 is 10.1 Å². The van der Waals surface area contributed by atoms with Gasteiger partial charge in [0, 0.05) is 37.1 Å². The standard InChI is InChI=1S/C19H25N3O2/c1-3-22-10-16-14(17(16)11-22)6-7-24-13-4-5-18-15(8-13)19(9-20-18)21-12(2)23/h4-5,8-9,14,16-17,20H,3,6-7,10-11H2,1-2H3,(H,21,23)/t14-,16-,17+. The number of nitrogens with zero attached hydrogens (tertiary/aromatic N) is 1. The Morgan fingerprint density at radius 2 is 2.17 bits per heavy atom. The fourth-order valence-electron chi connectivity index (χ4n) is 4.22. The van der Waals surface area contributed by atoms with Gasteiger partial charge in [-0.25, -0.2) is 0 Å². The minimum Gasteiger partial charge on any atom is -0.494 e. The van der Waals surface area contributed by atoms with E-state index in [1.54, 1.807) is 0 Å². The van der Waals surface area contributed by atoms with E-state index in [0.29, 0.717) is 0 Å². The number of rotatable bonds is 6. The number of amides is 1. The number of ether oxygens (including phenoxy) is 1. The molecule has 0 radical (unpaired) electrons. The summed E-state index contributed by atoms with van der Waals surface area (Å²) in [6.45, 7) is 8.28. The Labute approximate surface area is 142 Å². The Morgan fingerprint density at radius 3 is 2.88 bits per heavy atom. The van der Waals surface area contributed by atoms with Gasteiger partial charge in [0.25, 0.3) is 0 Å². The van der Waals surface area contributed by atoms with Gasteiger partial charge in [-0.05, 0) is 48.9 Å². The van der Waals surface area contributed by atoms with Gasteiger partial charge in [-0.2, -0.15) is 0 Å². The second-order valence-electron chi connectivity index (χ2n) is 7.07. The average molecular weight is 327 g/mol. The zero-order valence-electron chi connectivity index (χ0n) is 14.3. The second kappa shape index (κ2) is 6.13. The normalized spacial score (nSPS) is 25.7. The number of likely N-dealkylation sites (tertiary alicyclic amines) is 1. The van der Waals surface area contributed by atoms with Crippen LogP contribution in [0.1, 0.15) is 20.3 Å². The molecule has 1 aromatic carbocycles. The summed E-state index contributed by atoms with van der Waals surface area (Å²) in [5.41, 5.74) is 1.81. The number of piperidine rings is 1. The van der Waals surface area contributed by atoms with Crippen LogP contribution in [0.5, 0.6) is 5.75 Å². The van der Waals surface area contributed by atoms with Crippen LogP contribution in [-0.2, 0) is 4.79 Å². The summed E-state index contributed by atoms with van der Waals surface area (Å²) in [6, 6.07) is 5.99. The van der Waals surface area contributed by atoms with Crippen LogP contribution in [0.25, 0.3) is 10.9 Å². The van der Waals surface area contributed by atoms with E-state index in [1.165, 1.54) is 26.6 Å². The smallest absolute Gasteiger partial charge is 0.221 e. The molecule has 1 saturated heterocycles. The first-order valence-electron chi connectivity index (χ1n) is 8.89. The molecule has 2 aliphatic rings. The fourth-order valence-corrected chi connectivity index (χ4v) is 4.22. The number of nitrogens with one attached hydrogen (secondary N) is 2. The molecule has 1 saturated carbocycles. The molecule has 0 bridgehead atoms. The number of aromatic nitrogens is 1. The lowest BCUT2D eigenvalue weighted by Gasteiger charge is -2.16. The average Bonchev–Trinajstić information content (AvgIpc) is 2.91. The molecule has 1 aromatic heterocycles. The van der Waals surface area contributed by atoms with Crippen molar-refractivity contribution in [3.63, 3.8) is 0 Å². The number of benzene rings is 1. The predicted molar refractivity (Wildman–Crippen MR) is 95.3 cm³/mol. The molecule has 2 aromatic rings. The Hall–Kier alpha value is -2.01. The van der Waals surface area contributed by atoms with Crippen molar-refractivity contribution in [1.29, 1.82) is 0 Å². The molecular weight excluding hydrogens is 302 g/mol. The third-order valence-electron chi connectivity index (χ3n) is 5.58. The first kappa shape index (κ1) is 15.5. The summed E-state index contributed by atoms with van der Waals surface area (Å²) in [4.78, 5) is 17.0. The maximum atomic E-state index is 11.3. The number of carbonyl (C=O) groups excluding carboxylic acids is 1. The van der Waals surface area contributed by atoms with Gasteiger partial charge in [0.2, 0.25) is 5.91 Å². The van der Waals surface area contributed by atoms with Gasteiger partial charge in [-0.3, -0.25) is 4.79 Å². The first-order chi connectivity index (χ1) is 11.7. The summed E-state index contributed by atoms with van der Waals surface area (Å²) >= 11 is 0. The van der Waals surface area contributed by atoms with E-state index in [4.69, 9.17) is 4.74 Å². The van der Waals surface area contributed by atoms with Crippen LogP contribution in [0, 0.1) is 17.8 Å². The van der Waals surface area contributed by atoms with Crippen LogP contribution in [0.15, 0.2) is 24.4 Å². The highest BCUT2D eigenvalue weighted by molar-refractivity contribution is 6.01. The SMILES string of the molecule is CCN1C[C@@H]2[C@@H](CCOc3ccc4[nH]cc(NC(C)=O)c4c3)[C@@H]2C1. The highest BCUT2D eigenvalue weighted by atomic mass is 16.5. The molecule has 1 aliphatic heterocycles. The van der Waals surface area contributed by atoms with E-state index in [-0.39, 0.29) is 5.91 Å². The minimum absolute atomic E-state index is 0.0661. The van der Waals surface area contributed by atoms with Crippen molar-refractivity contribution in [3.05, 3.63) is 24.4 Å². The molecule has 4 rings (SSSR count). The molecule has 2 N–H and O–H groups in total. The molecule has 1 amide bonds. The minimum atomic E-state index is -0.0661. The van der Waals surface area contributed by atoms with Gasteiger partial charge in [0.05, 0.1) is 12.3 Å². The molecule has 2 heterocycles. The molecular formula is C19H25N3O2. The molecule has 24 heavy (non-hydrogen) atoms. The number of anilines is 1. The lowest BCUT2D eigenvalue weighted by Crippen LogP contribution is -2.24. The van der Waals surface area contributed by atoms with E-state index in [1.807, 2.05) is 24.4 Å². The number of carbonyl (C=O) groups is 1. The summed E-state index contributed by atoms with van der Waals surface area (Å²) in [7, 11) is 0. The van der Waals surface area contributed by atoms with Crippen LogP contribution >= 0.6 is 0 Å². The lowest BCUT2D eigenvalue weighted by molar-refractivity contribution is -0.114. The summed E-state index contributed by atoms with van der Waals surface area (Å²) < 4.78 is 5.97. The molecule has 5 heteroatoms. The number of hydrogen-bond donors (Lipinski definition) is 2. The van der Waals surface area contributed by atoms with E-state index in [2.05, 4.69) is 22.1 Å². The Bertz CT molecular complexity index is 742. The summed E-state index contributed by atoms with van der Waals surface area (Å²) in [5, 5.41) is 3.84. The molecule has 128 valence electrons. The maximum Gasteiger partial charge on any atom is 0.221 e. The number of fused-ring (bicyclic) bond motifs is 2. The van der Waals surface area contributed by atoms with Gasteiger partial charge in [-0.15, -0.1) is 0 Å². The van der Waals surface area contributed by atoms with E-state index in [9.17, 15) is 4.79 Å². The Balaban J connectivity index is 1.33. The highest BCUT2D eigenvalue weighted by Gasteiger charge is 2.54. The van der Waals surface area contributed by atoms with Crippen molar-refractivity contribution >= 4 is 22.5 Å². The molecule has 0 spiro atoms. The van der Waals surface area contributed by atoms with E-state index in [0.717, 1.165) is 53.1 Å². The maximum absolute atomic E-state index is 11.3. The van der Waals surface area contributed by atoms with E-state index >= 15 is 0 Å². The van der Waals surface area contributed by atoms with Crippen molar-refractivity contribution in [3.8, 4) is 5.75 Å². The zero-order valence-corrected chi connectivity index (χ0v) is 14.3. The molecule has 0 unspecified atom stereocenters. The second-order valence-corrected chi connectivity index (χ2v) is 7.07. The van der Waals surface area contributed by atoms with Gasteiger partial charge in [0.1, 0.15) is 5.75 Å². The summed E-state index contributed by atoms with van der Waals surface area (Å²) in [6.07, 6.45) is 2.97. The van der Waals surface area contributed by atoms with Crippen LogP contribution in [0.3, 0.4) is 0 Å². The zero-order chi connectivity index (χ0) is 16.7. The highest BCUT2D eigenvalue weighted by Crippen LogP contribution is 2.53. The lowest BCUT2D eigenvalue weighted by atomic mass is 10.2. The van der Waals surface area contributed by atoms with Crippen LogP contribution in [-0.4, -0.2) is 42.0 Å². The number of hydrogen-bond acceptors (Lipinski definition) is 3. The molecule has 5 nitrogen and oxygen atoms in total. The van der Waals surface area contributed by atoms with Crippen molar-refractivity contribution in [1.82, 2.24) is 9.88 Å². The molecule has 2 fully saturated rings. The summed E-state index contributed by atoms with van der Waals surface area (Å²) in [5.74, 6) is 3.48. The molecule has 3 atom stereocenters. The monoisotopic (exact) mass is 327 g/mol. The Kier molecular flexibility index (Phi) is 3.96. The van der Waals surface area contributed by atoms with Crippen LogP contribution in [0.4, 0.5) is 5.69 Å². The third kappa shape index (κ3) is 2.88. The first-order valence-corrected chi connectivity index (χ1v) is 8.89. The fraction of sp³-hybridized carbons (Fsp3) is 0.526. The molecule has 1 aliphatic carbocycles. The van der Waals surface area contributed by atoms with Crippen molar-refractivity contribution in [2.75, 3.05) is 31.6 Å². The Morgan fingerprint density at radius 1 is 1.38 bits per heavy atom. The number of aromatic amines is 1. The predicted octanol–water partition coefficient (Wildman–Crippen LogP) is 3.09. The van der Waals surface area contributed by atoms with E-state index < -0.39 is 0 Å². The third-order valence-corrected chi connectivity index (χ3v) is 5.58. The van der Waals surface area contributed by atoms with Crippen molar-refractivity contribution in [2.24, 2.45) is 17.8 Å². The van der Waals surface area contributed by atoms with Gasteiger partial charge < -0.3 is 19.9 Å². The van der Waals surface area contributed by atoms with Crippen LogP contribution in [0.2, 0.25) is 0 Å². The van der Waals surface area contributed by atoms with Gasteiger partial charge in [0.15, 0.2) is 0 Å². The number of H-pyrrole nitrogens is 1.